The maximum absolute atomic E-state index is 5.27. The van der Waals surface area contributed by atoms with Gasteiger partial charge in [0.15, 0.2) is 0 Å². The second-order valence-corrected chi connectivity index (χ2v) is 7.67. The molecule has 1 aliphatic rings. The molecular formula is C21H35N9O2. The first-order valence-electron chi connectivity index (χ1n) is 11.0. The fourth-order valence-electron chi connectivity index (χ4n) is 3.30. The van der Waals surface area contributed by atoms with Crippen molar-refractivity contribution in [1.29, 1.82) is 0 Å². The molecule has 2 aromatic heterocycles. The Balaban J connectivity index is 1.72. The van der Waals surface area contributed by atoms with Crippen molar-refractivity contribution >= 4 is 23.7 Å². The third-order valence-corrected chi connectivity index (χ3v) is 5.25. The largest absolute Gasteiger partial charge is 0.383 e. The SMILES string of the molecule is COCCN(CCOC)c1nc(NCCN2CCN(C)CC2)nc(Nc2ccccn2)n1. The van der Waals surface area contributed by atoms with Crippen molar-refractivity contribution in [3.05, 3.63) is 24.4 Å². The molecule has 11 heteroatoms. The van der Waals surface area contributed by atoms with Crippen LogP contribution in [-0.2, 0) is 9.47 Å². The molecule has 11 nitrogen and oxygen atoms in total. The van der Waals surface area contributed by atoms with Crippen LogP contribution in [0.5, 0.6) is 0 Å². The molecule has 0 unspecified atom stereocenters. The molecule has 1 saturated heterocycles. The molecule has 3 heterocycles. The molecule has 176 valence electrons. The van der Waals surface area contributed by atoms with Crippen molar-refractivity contribution in [2.75, 3.05) is 102 Å². The number of rotatable bonds is 13. The van der Waals surface area contributed by atoms with Crippen LogP contribution in [0.4, 0.5) is 23.7 Å². The molecular weight excluding hydrogens is 410 g/mol. The summed E-state index contributed by atoms with van der Waals surface area (Å²) in [5.74, 6) is 2.21. The van der Waals surface area contributed by atoms with Crippen molar-refractivity contribution in [1.82, 2.24) is 29.7 Å². The standard InChI is InChI=1S/C21H35N9O2/c1-28-10-12-29(13-11-28)9-8-23-19-25-20(24-18-6-4-5-7-22-18)27-21(26-19)30(14-16-31-2)15-17-32-3/h4-7H,8-17H2,1-3H3,(H2,22,23,24,25,26,27). The minimum absolute atomic E-state index is 0.440. The van der Waals surface area contributed by atoms with E-state index in [2.05, 4.69) is 47.4 Å². The van der Waals surface area contributed by atoms with Gasteiger partial charge in [-0.2, -0.15) is 15.0 Å². The third kappa shape index (κ3) is 7.83. The Bertz CT molecular complexity index is 780. The van der Waals surface area contributed by atoms with Gasteiger partial charge in [-0.15, -0.1) is 0 Å². The molecule has 0 spiro atoms. The lowest BCUT2D eigenvalue weighted by atomic mass is 10.3. The average molecular weight is 446 g/mol. The van der Waals surface area contributed by atoms with Gasteiger partial charge in [0.05, 0.1) is 13.2 Å². The van der Waals surface area contributed by atoms with Gasteiger partial charge >= 0.3 is 0 Å². The summed E-state index contributed by atoms with van der Waals surface area (Å²) in [6, 6.07) is 5.65. The summed E-state index contributed by atoms with van der Waals surface area (Å²) in [7, 11) is 5.53. The molecule has 2 aromatic rings. The first-order valence-corrected chi connectivity index (χ1v) is 11.0. The predicted octanol–water partition coefficient (Wildman–Crippen LogP) is 0.769. The molecule has 2 N–H and O–H groups in total. The first kappa shape index (κ1) is 24.1. The van der Waals surface area contributed by atoms with Gasteiger partial charge in [-0.3, -0.25) is 4.90 Å². The van der Waals surface area contributed by atoms with E-state index in [9.17, 15) is 0 Å². The highest BCUT2D eigenvalue weighted by atomic mass is 16.5. The quantitative estimate of drug-likeness (QED) is 0.457. The number of methoxy groups -OCH3 is 2. The summed E-state index contributed by atoms with van der Waals surface area (Å²) in [5.41, 5.74) is 0. The molecule has 0 aromatic carbocycles. The van der Waals surface area contributed by atoms with Crippen LogP contribution >= 0.6 is 0 Å². The van der Waals surface area contributed by atoms with E-state index in [1.165, 1.54) is 0 Å². The van der Waals surface area contributed by atoms with Crippen LogP contribution in [0.25, 0.3) is 0 Å². The zero-order valence-electron chi connectivity index (χ0n) is 19.3. The van der Waals surface area contributed by atoms with Gasteiger partial charge in [-0.25, -0.2) is 4.98 Å². The number of nitrogens with one attached hydrogen (secondary N) is 2. The molecule has 1 aliphatic heterocycles. The van der Waals surface area contributed by atoms with Crippen molar-refractivity contribution in [3.8, 4) is 0 Å². The van der Waals surface area contributed by atoms with Crippen molar-refractivity contribution < 1.29 is 9.47 Å². The second kappa shape index (κ2) is 13.1. The maximum Gasteiger partial charge on any atom is 0.235 e. The highest BCUT2D eigenvalue weighted by molar-refractivity contribution is 5.52. The van der Waals surface area contributed by atoms with Gasteiger partial charge in [0.2, 0.25) is 17.8 Å². The number of pyridine rings is 1. The van der Waals surface area contributed by atoms with E-state index >= 15 is 0 Å². The van der Waals surface area contributed by atoms with Gasteiger partial charge < -0.3 is 29.9 Å². The fraction of sp³-hybridized carbons (Fsp3) is 0.619. The average Bonchev–Trinajstić information content (AvgIpc) is 2.81. The lowest BCUT2D eigenvalue weighted by molar-refractivity contribution is 0.158. The molecule has 0 saturated carbocycles. The number of hydrogen-bond acceptors (Lipinski definition) is 11. The fourth-order valence-corrected chi connectivity index (χ4v) is 3.30. The van der Waals surface area contributed by atoms with E-state index in [4.69, 9.17) is 9.47 Å². The summed E-state index contributed by atoms with van der Waals surface area (Å²) in [6.07, 6.45) is 1.73. The van der Waals surface area contributed by atoms with E-state index in [1.54, 1.807) is 20.4 Å². The molecule has 1 fully saturated rings. The van der Waals surface area contributed by atoms with E-state index in [0.717, 1.165) is 39.3 Å². The minimum atomic E-state index is 0.440. The van der Waals surface area contributed by atoms with E-state index in [0.29, 0.717) is 50.0 Å². The number of ether oxygens (including phenoxy) is 2. The van der Waals surface area contributed by atoms with Crippen molar-refractivity contribution in [3.63, 3.8) is 0 Å². The second-order valence-electron chi connectivity index (χ2n) is 7.67. The number of piperazine rings is 1. The summed E-state index contributed by atoms with van der Waals surface area (Å²) < 4.78 is 10.5. The van der Waals surface area contributed by atoms with Crippen LogP contribution in [0.15, 0.2) is 24.4 Å². The van der Waals surface area contributed by atoms with E-state index in [1.807, 2.05) is 23.1 Å². The van der Waals surface area contributed by atoms with E-state index in [-0.39, 0.29) is 0 Å². The van der Waals surface area contributed by atoms with Crippen LogP contribution < -0.4 is 15.5 Å². The Labute approximate surface area is 190 Å². The van der Waals surface area contributed by atoms with Crippen molar-refractivity contribution in [2.24, 2.45) is 0 Å². The van der Waals surface area contributed by atoms with Gasteiger partial charge in [-0.05, 0) is 19.2 Å². The molecule has 0 aliphatic carbocycles. The number of aromatic nitrogens is 4. The molecule has 0 amide bonds. The Morgan fingerprint density at radius 2 is 1.69 bits per heavy atom. The Morgan fingerprint density at radius 3 is 2.34 bits per heavy atom. The highest BCUT2D eigenvalue weighted by Gasteiger charge is 2.16. The van der Waals surface area contributed by atoms with Gasteiger partial charge in [0, 0.05) is 72.8 Å². The molecule has 0 radical (unpaired) electrons. The summed E-state index contributed by atoms with van der Waals surface area (Å²) in [6.45, 7) is 8.46. The number of hydrogen-bond donors (Lipinski definition) is 2. The summed E-state index contributed by atoms with van der Waals surface area (Å²) in [4.78, 5) is 25.0. The summed E-state index contributed by atoms with van der Waals surface area (Å²) in [5, 5.41) is 6.55. The van der Waals surface area contributed by atoms with Crippen LogP contribution in [0.1, 0.15) is 0 Å². The molecule has 3 rings (SSSR count). The number of likely N-dealkylation sites (N-methyl/N-ethyl adjacent to an activating group) is 1. The molecule has 32 heavy (non-hydrogen) atoms. The van der Waals surface area contributed by atoms with Crippen LogP contribution in [-0.4, -0.2) is 117 Å². The zero-order valence-corrected chi connectivity index (χ0v) is 19.3. The van der Waals surface area contributed by atoms with Crippen LogP contribution in [0, 0.1) is 0 Å². The molecule has 0 bridgehead atoms. The maximum atomic E-state index is 5.27. The minimum Gasteiger partial charge on any atom is -0.383 e. The van der Waals surface area contributed by atoms with Crippen molar-refractivity contribution in [2.45, 2.75) is 0 Å². The summed E-state index contributed by atoms with van der Waals surface area (Å²) >= 11 is 0. The highest BCUT2D eigenvalue weighted by Crippen LogP contribution is 2.16. The van der Waals surface area contributed by atoms with Gasteiger partial charge in [-0.1, -0.05) is 6.07 Å². The monoisotopic (exact) mass is 445 g/mol. The van der Waals surface area contributed by atoms with Gasteiger partial charge in [0.1, 0.15) is 5.82 Å². The number of anilines is 4. The smallest absolute Gasteiger partial charge is 0.235 e. The normalized spacial score (nSPS) is 15.0. The van der Waals surface area contributed by atoms with E-state index < -0.39 is 0 Å². The zero-order chi connectivity index (χ0) is 22.6. The topological polar surface area (TPSA) is 104 Å². The first-order chi connectivity index (χ1) is 15.7. The Hall–Kier alpha value is -2.60. The van der Waals surface area contributed by atoms with Crippen LogP contribution in [0.2, 0.25) is 0 Å². The molecule has 0 atom stereocenters. The third-order valence-electron chi connectivity index (χ3n) is 5.25. The Kier molecular flexibility index (Phi) is 9.82. The van der Waals surface area contributed by atoms with Gasteiger partial charge in [0.25, 0.3) is 0 Å². The lowest BCUT2D eigenvalue weighted by Gasteiger charge is -2.32. The Morgan fingerprint density at radius 1 is 0.969 bits per heavy atom. The number of nitrogens with zero attached hydrogens (tertiary/aromatic N) is 7. The lowest BCUT2D eigenvalue weighted by Crippen LogP contribution is -2.45. The predicted molar refractivity (Wildman–Crippen MR) is 126 cm³/mol. The van der Waals surface area contributed by atoms with Crippen LogP contribution in [0.3, 0.4) is 0 Å².